The van der Waals surface area contributed by atoms with E-state index in [1.807, 2.05) is 24.0 Å². The summed E-state index contributed by atoms with van der Waals surface area (Å²) in [4.78, 5) is 6.69. The zero-order chi connectivity index (χ0) is 18.2. The average molecular weight is 383 g/mol. The van der Waals surface area contributed by atoms with Crippen molar-refractivity contribution in [1.82, 2.24) is 0 Å². The highest BCUT2D eigenvalue weighted by molar-refractivity contribution is 8.14. The number of amidine groups is 1. The third kappa shape index (κ3) is 3.64. The topological polar surface area (TPSA) is 68.2 Å². The van der Waals surface area contributed by atoms with Crippen molar-refractivity contribution in [3.8, 4) is 11.5 Å². The molecule has 2 aliphatic rings. The standard InChI is InChI=1S/C17H22N2O4S2/c1-11(2)8-24-17-18-13-9-25(20,21)10-15(13)19(17)14-6-5-12(22-3)7-16(14)23-4/h5-7,13,15H,1,8-10H2,2-4H3. The second kappa shape index (κ2) is 6.92. The fourth-order valence-electron chi connectivity index (χ4n) is 3.09. The molecule has 0 amide bonds. The van der Waals surface area contributed by atoms with Crippen LogP contribution in [0.5, 0.6) is 11.5 Å². The van der Waals surface area contributed by atoms with E-state index < -0.39 is 9.84 Å². The molecule has 0 bridgehead atoms. The van der Waals surface area contributed by atoms with Gasteiger partial charge in [0.1, 0.15) is 11.5 Å². The van der Waals surface area contributed by atoms with Gasteiger partial charge in [0.2, 0.25) is 0 Å². The first kappa shape index (κ1) is 18.1. The Morgan fingerprint density at radius 2 is 2.12 bits per heavy atom. The normalized spacial score (nSPS) is 24.0. The second-order valence-electron chi connectivity index (χ2n) is 6.28. The second-order valence-corrected chi connectivity index (χ2v) is 9.37. The summed E-state index contributed by atoms with van der Waals surface area (Å²) in [6.07, 6.45) is 0. The number of hydrogen-bond donors (Lipinski definition) is 0. The molecule has 136 valence electrons. The smallest absolute Gasteiger partial charge is 0.164 e. The number of anilines is 1. The number of methoxy groups -OCH3 is 2. The van der Waals surface area contributed by atoms with Crippen molar-refractivity contribution in [2.24, 2.45) is 4.99 Å². The van der Waals surface area contributed by atoms with Gasteiger partial charge in [-0.2, -0.15) is 0 Å². The van der Waals surface area contributed by atoms with Gasteiger partial charge in [-0.05, 0) is 19.1 Å². The molecule has 1 aromatic rings. The highest BCUT2D eigenvalue weighted by Gasteiger charge is 2.47. The van der Waals surface area contributed by atoms with Gasteiger partial charge >= 0.3 is 0 Å². The summed E-state index contributed by atoms with van der Waals surface area (Å²) in [7, 11) is 0.114. The molecule has 8 heteroatoms. The van der Waals surface area contributed by atoms with Crippen molar-refractivity contribution in [3.05, 3.63) is 30.4 Å². The van der Waals surface area contributed by atoms with E-state index >= 15 is 0 Å². The molecule has 3 rings (SSSR count). The van der Waals surface area contributed by atoms with Crippen LogP contribution in [0.4, 0.5) is 5.69 Å². The van der Waals surface area contributed by atoms with E-state index in [9.17, 15) is 8.42 Å². The Bertz CT molecular complexity index is 820. The minimum absolute atomic E-state index is 0.101. The number of aliphatic imine (C=N–C) groups is 1. The van der Waals surface area contributed by atoms with Crippen molar-refractivity contribution in [3.63, 3.8) is 0 Å². The Morgan fingerprint density at radius 3 is 2.76 bits per heavy atom. The maximum absolute atomic E-state index is 12.1. The van der Waals surface area contributed by atoms with E-state index in [2.05, 4.69) is 6.58 Å². The van der Waals surface area contributed by atoms with Gasteiger partial charge in [-0.15, -0.1) is 0 Å². The fraction of sp³-hybridized carbons (Fsp3) is 0.471. The lowest BCUT2D eigenvalue weighted by Crippen LogP contribution is -2.39. The molecule has 0 aromatic heterocycles. The van der Waals surface area contributed by atoms with E-state index in [1.165, 1.54) is 0 Å². The summed E-state index contributed by atoms with van der Waals surface area (Å²) in [5.74, 6) is 2.26. The van der Waals surface area contributed by atoms with Gasteiger partial charge < -0.3 is 14.4 Å². The van der Waals surface area contributed by atoms with Crippen LogP contribution in [0.3, 0.4) is 0 Å². The third-order valence-electron chi connectivity index (χ3n) is 4.20. The van der Waals surface area contributed by atoms with Crippen molar-refractivity contribution in [1.29, 1.82) is 0 Å². The molecule has 1 fully saturated rings. The molecule has 0 aliphatic carbocycles. The van der Waals surface area contributed by atoms with Crippen molar-refractivity contribution in [2.45, 2.75) is 19.0 Å². The van der Waals surface area contributed by atoms with Crippen LogP contribution in [0.15, 0.2) is 35.3 Å². The predicted molar refractivity (Wildman–Crippen MR) is 103 cm³/mol. The Labute approximate surface area is 152 Å². The minimum Gasteiger partial charge on any atom is -0.497 e. The lowest BCUT2D eigenvalue weighted by molar-refractivity contribution is 0.394. The maximum atomic E-state index is 12.1. The molecule has 1 saturated heterocycles. The lowest BCUT2D eigenvalue weighted by Gasteiger charge is -2.28. The first-order valence-corrected chi connectivity index (χ1v) is 10.7. The molecule has 0 saturated carbocycles. The Balaban J connectivity index is 2.01. The monoisotopic (exact) mass is 382 g/mol. The molecule has 2 heterocycles. The molecule has 0 spiro atoms. The summed E-state index contributed by atoms with van der Waals surface area (Å²) in [6, 6.07) is 5.11. The quantitative estimate of drug-likeness (QED) is 0.728. The number of hydrogen-bond acceptors (Lipinski definition) is 7. The highest BCUT2D eigenvalue weighted by atomic mass is 32.2. The summed E-state index contributed by atoms with van der Waals surface area (Å²) in [5.41, 5.74) is 1.85. The number of thioether (sulfide) groups is 1. The van der Waals surface area contributed by atoms with E-state index in [-0.39, 0.29) is 23.6 Å². The first-order valence-electron chi connectivity index (χ1n) is 7.91. The molecule has 0 radical (unpaired) electrons. The SMILES string of the molecule is C=C(C)CSC1=NC2CS(=O)(=O)CC2N1c1ccc(OC)cc1OC. The minimum atomic E-state index is -3.07. The largest absolute Gasteiger partial charge is 0.497 e. The fourth-order valence-corrected chi connectivity index (χ4v) is 5.89. The number of rotatable bonds is 5. The number of ether oxygens (including phenoxy) is 2. The molecule has 2 unspecified atom stereocenters. The molecule has 1 aromatic carbocycles. The van der Waals surface area contributed by atoms with Crippen LogP contribution < -0.4 is 14.4 Å². The van der Waals surface area contributed by atoms with Crippen LogP contribution in [0.25, 0.3) is 0 Å². The number of sulfone groups is 1. The van der Waals surface area contributed by atoms with E-state index in [1.54, 1.807) is 32.0 Å². The Kier molecular flexibility index (Phi) is 5.02. The third-order valence-corrected chi connectivity index (χ3v) is 7.10. The van der Waals surface area contributed by atoms with Gasteiger partial charge in [-0.1, -0.05) is 23.9 Å². The summed E-state index contributed by atoms with van der Waals surface area (Å²) >= 11 is 1.58. The highest BCUT2D eigenvalue weighted by Crippen LogP contribution is 2.41. The van der Waals surface area contributed by atoms with Crippen LogP contribution in [-0.4, -0.2) is 57.1 Å². The van der Waals surface area contributed by atoms with Gasteiger partial charge in [-0.3, -0.25) is 4.99 Å². The van der Waals surface area contributed by atoms with Crippen LogP contribution in [0.1, 0.15) is 6.92 Å². The number of fused-ring (bicyclic) bond motifs is 1. The molecule has 25 heavy (non-hydrogen) atoms. The first-order chi connectivity index (χ1) is 11.8. The molecule has 0 N–H and O–H groups in total. The Morgan fingerprint density at radius 1 is 1.36 bits per heavy atom. The molecule has 2 atom stereocenters. The molecular weight excluding hydrogens is 360 g/mol. The zero-order valence-electron chi connectivity index (χ0n) is 14.6. The van der Waals surface area contributed by atoms with Gasteiger partial charge in [-0.25, -0.2) is 8.42 Å². The van der Waals surface area contributed by atoms with Crippen molar-refractivity contribution < 1.29 is 17.9 Å². The van der Waals surface area contributed by atoms with Crippen molar-refractivity contribution >= 4 is 32.5 Å². The molecule has 2 aliphatic heterocycles. The number of nitrogens with zero attached hydrogens (tertiary/aromatic N) is 2. The zero-order valence-corrected chi connectivity index (χ0v) is 16.2. The summed E-state index contributed by atoms with van der Waals surface area (Å²) in [5, 5.41) is 0.816. The summed E-state index contributed by atoms with van der Waals surface area (Å²) < 4.78 is 34.9. The van der Waals surface area contributed by atoms with E-state index in [4.69, 9.17) is 14.5 Å². The van der Waals surface area contributed by atoms with Crippen molar-refractivity contribution in [2.75, 3.05) is 36.4 Å². The number of benzene rings is 1. The summed E-state index contributed by atoms with van der Waals surface area (Å²) in [6.45, 7) is 5.90. The van der Waals surface area contributed by atoms with Crippen LogP contribution in [0.2, 0.25) is 0 Å². The van der Waals surface area contributed by atoms with Crippen LogP contribution in [0, 0.1) is 0 Å². The maximum Gasteiger partial charge on any atom is 0.164 e. The predicted octanol–water partition coefficient (Wildman–Crippen LogP) is 2.35. The van der Waals surface area contributed by atoms with E-state index in [0.717, 1.165) is 22.2 Å². The van der Waals surface area contributed by atoms with Gasteiger partial charge in [0.25, 0.3) is 0 Å². The van der Waals surface area contributed by atoms with Gasteiger partial charge in [0, 0.05) is 11.8 Å². The van der Waals surface area contributed by atoms with Gasteiger partial charge in [0.05, 0.1) is 43.5 Å². The van der Waals surface area contributed by atoms with Gasteiger partial charge in [0.15, 0.2) is 15.0 Å². The molecule has 6 nitrogen and oxygen atoms in total. The van der Waals surface area contributed by atoms with Crippen LogP contribution >= 0.6 is 11.8 Å². The Hall–Kier alpha value is -1.67. The lowest BCUT2D eigenvalue weighted by atomic mass is 10.1. The molecular formula is C17H22N2O4S2. The average Bonchev–Trinajstić information content (AvgIpc) is 3.03. The van der Waals surface area contributed by atoms with Crippen LogP contribution in [-0.2, 0) is 9.84 Å². The van der Waals surface area contributed by atoms with E-state index in [0.29, 0.717) is 11.5 Å².